The first kappa shape index (κ1) is 23.9. The summed E-state index contributed by atoms with van der Waals surface area (Å²) in [6.45, 7) is 0. The predicted octanol–water partition coefficient (Wildman–Crippen LogP) is 11.2. The summed E-state index contributed by atoms with van der Waals surface area (Å²) in [5, 5.41) is 10.9. The van der Waals surface area contributed by atoms with E-state index in [2.05, 4.69) is 149 Å². The molecule has 0 saturated heterocycles. The van der Waals surface area contributed by atoms with Gasteiger partial charge >= 0.3 is 0 Å². The Hall–Kier alpha value is -5.80. The minimum atomic E-state index is 0.875. The van der Waals surface area contributed by atoms with E-state index >= 15 is 0 Å². The molecule has 202 valence electrons. The Kier molecular flexibility index (Phi) is 5.20. The maximum Gasteiger partial charge on any atom is 0.159 e. The van der Waals surface area contributed by atoms with Crippen LogP contribution in [0, 0.1) is 0 Å². The summed E-state index contributed by atoms with van der Waals surface area (Å²) in [5.74, 6) is 0. The quantitative estimate of drug-likeness (QED) is 0.236. The summed E-state index contributed by atoms with van der Waals surface area (Å²) in [5.41, 5.74) is 9.67. The van der Waals surface area contributed by atoms with Crippen LogP contribution in [0.15, 0.2) is 156 Å². The Bertz CT molecular complexity index is 2480. The van der Waals surface area contributed by atoms with E-state index in [4.69, 9.17) is 4.42 Å². The molecule has 9 aromatic rings. The lowest BCUT2D eigenvalue weighted by Gasteiger charge is -2.12. The molecule has 0 aliphatic rings. The third-order valence-corrected chi connectivity index (χ3v) is 8.53. The highest BCUT2D eigenvalue weighted by Crippen LogP contribution is 2.41. The molecule has 0 aliphatic heterocycles. The maximum absolute atomic E-state index is 6.44. The van der Waals surface area contributed by atoms with Crippen LogP contribution in [0.3, 0.4) is 0 Å². The Morgan fingerprint density at radius 2 is 1.21 bits per heavy atom. The van der Waals surface area contributed by atoms with E-state index in [-0.39, 0.29) is 0 Å². The molecule has 0 aliphatic carbocycles. The summed E-state index contributed by atoms with van der Waals surface area (Å²) >= 11 is 0. The van der Waals surface area contributed by atoms with Crippen LogP contribution in [0.4, 0.5) is 11.4 Å². The number of anilines is 2. The number of hydrogen-bond donors (Lipinski definition) is 1. The second-order valence-corrected chi connectivity index (χ2v) is 11.1. The van der Waals surface area contributed by atoms with Crippen LogP contribution in [-0.4, -0.2) is 4.57 Å². The van der Waals surface area contributed by atoms with Gasteiger partial charge in [0, 0.05) is 32.9 Å². The number of benzene rings is 7. The fourth-order valence-electron chi connectivity index (χ4n) is 6.61. The first-order valence-corrected chi connectivity index (χ1v) is 14.6. The standard InChI is InChI=1S/C40H26N2O/c1-2-14-30(15-3-1)42-36-19-8-6-17-32(36)34-24-27(21-22-37(34)42)26-12-10-13-29(23-26)41-35-25-28-11-4-5-16-31(28)39-33-18-7-9-20-38(33)43-40(35)39/h1-25,41H. The maximum atomic E-state index is 6.44. The Morgan fingerprint density at radius 3 is 2.12 bits per heavy atom. The van der Waals surface area contributed by atoms with E-state index in [9.17, 15) is 0 Å². The molecule has 9 rings (SSSR count). The van der Waals surface area contributed by atoms with Crippen molar-refractivity contribution in [2.24, 2.45) is 0 Å². The van der Waals surface area contributed by atoms with Gasteiger partial charge in [0.25, 0.3) is 0 Å². The van der Waals surface area contributed by atoms with E-state index in [1.54, 1.807) is 0 Å². The van der Waals surface area contributed by atoms with E-state index in [1.165, 1.54) is 43.8 Å². The largest absolute Gasteiger partial charge is 0.454 e. The van der Waals surface area contributed by atoms with Crippen molar-refractivity contribution in [2.45, 2.75) is 0 Å². The van der Waals surface area contributed by atoms with E-state index in [0.717, 1.165) is 38.9 Å². The second-order valence-electron chi connectivity index (χ2n) is 11.1. The third kappa shape index (κ3) is 3.75. The third-order valence-electron chi connectivity index (χ3n) is 8.53. The average Bonchev–Trinajstić information content (AvgIpc) is 3.62. The minimum absolute atomic E-state index is 0.875. The topological polar surface area (TPSA) is 30.1 Å². The molecule has 3 heteroatoms. The smallest absolute Gasteiger partial charge is 0.159 e. The number of fused-ring (bicyclic) bond motifs is 8. The highest BCUT2D eigenvalue weighted by Gasteiger charge is 2.16. The van der Waals surface area contributed by atoms with Crippen molar-refractivity contribution in [3.8, 4) is 16.8 Å². The zero-order valence-electron chi connectivity index (χ0n) is 23.3. The highest BCUT2D eigenvalue weighted by molar-refractivity contribution is 6.22. The Balaban J connectivity index is 1.17. The molecular formula is C40H26N2O. The van der Waals surface area contributed by atoms with Gasteiger partial charge in [0.05, 0.1) is 16.7 Å². The molecule has 0 atom stereocenters. The Morgan fingerprint density at radius 1 is 0.488 bits per heavy atom. The van der Waals surface area contributed by atoms with Crippen LogP contribution in [0.25, 0.3) is 71.3 Å². The second kappa shape index (κ2) is 9.37. The Labute approximate surface area is 248 Å². The summed E-state index contributed by atoms with van der Waals surface area (Å²) in [7, 11) is 0. The van der Waals surface area contributed by atoms with Crippen molar-refractivity contribution < 1.29 is 4.42 Å². The predicted molar refractivity (Wildman–Crippen MR) is 181 cm³/mol. The van der Waals surface area contributed by atoms with E-state index in [1.807, 2.05) is 12.1 Å². The fraction of sp³-hybridized carbons (Fsp3) is 0. The van der Waals surface area contributed by atoms with Crippen LogP contribution < -0.4 is 5.32 Å². The molecule has 0 unspecified atom stereocenters. The molecule has 3 nitrogen and oxygen atoms in total. The van der Waals surface area contributed by atoms with Crippen molar-refractivity contribution in [1.29, 1.82) is 0 Å². The van der Waals surface area contributed by atoms with Crippen molar-refractivity contribution in [1.82, 2.24) is 4.57 Å². The number of nitrogens with one attached hydrogen (secondary N) is 1. The lowest BCUT2D eigenvalue weighted by molar-refractivity contribution is 0.670. The molecule has 0 saturated carbocycles. The first-order chi connectivity index (χ1) is 21.3. The number of furan rings is 1. The van der Waals surface area contributed by atoms with Crippen LogP contribution in [0.1, 0.15) is 0 Å². The number of para-hydroxylation sites is 3. The first-order valence-electron chi connectivity index (χ1n) is 14.6. The molecule has 0 fully saturated rings. The van der Waals surface area contributed by atoms with Gasteiger partial charge in [-0.1, -0.05) is 97.1 Å². The number of hydrogen-bond acceptors (Lipinski definition) is 2. The molecule has 0 bridgehead atoms. The molecule has 7 aromatic carbocycles. The van der Waals surface area contributed by atoms with Gasteiger partial charge in [-0.15, -0.1) is 0 Å². The molecule has 1 N–H and O–H groups in total. The zero-order valence-corrected chi connectivity index (χ0v) is 23.3. The van der Waals surface area contributed by atoms with Crippen molar-refractivity contribution in [2.75, 3.05) is 5.32 Å². The zero-order chi connectivity index (χ0) is 28.3. The normalized spacial score (nSPS) is 11.7. The van der Waals surface area contributed by atoms with Gasteiger partial charge in [0.1, 0.15) is 5.58 Å². The molecule has 43 heavy (non-hydrogen) atoms. The number of rotatable bonds is 4. The minimum Gasteiger partial charge on any atom is -0.454 e. The summed E-state index contributed by atoms with van der Waals surface area (Å²) in [6, 6.07) is 53.7. The fourth-order valence-corrected chi connectivity index (χ4v) is 6.61. The van der Waals surface area contributed by atoms with Crippen LogP contribution in [0.2, 0.25) is 0 Å². The van der Waals surface area contributed by atoms with Crippen molar-refractivity contribution in [3.63, 3.8) is 0 Å². The molecule has 0 radical (unpaired) electrons. The lowest BCUT2D eigenvalue weighted by Crippen LogP contribution is -1.93. The van der Waals surface area contributed by atoms with E-state index < -0.39 is 0 Å². The van der Waals surface area contributed by atoms with Gasteiger partial charge in [-0.3, -0.25) is 0 Å². The van der Waals surface area contributed by atoms with Crippen LogP contribution in [0.5, 0.6) is 0 Å². The lowest BCUT2D eigenvalue weighted by atomic mass is 10.0. The average molecular weight is 551 g/mol. The molecule has 0 amide bonds. The highest BCUT2D eigenvalue weighted by atomic mass is 16.3. The molecular weight excluding hydrogens is 524 g/mol. The summed E-state index contributed by atoms with van der Waals surface area (Å²) in [4.78, 5) is 0. The number of nitrogens with zero attached hydrogens (tertiary/aromatic N) is 1. The monoisotopic (exact) mass is 550 g/mol. The molecule has 2 aromatic heterocycles. The molecule has 2 heterocycles. The van der Waals surface area contributed by atoms with Gasteiger partial charge < -0.3 is 14.3 Å². The van der Waals surface area contributed by atoms with Gasteiger partial charge in [-0.25, -0.2) is 0 Å². The van der Waals surface area contributed by atoms with Gasteiger partial charge in [0.2, 0.25) is 0 Å². The van der Waals surface area contributed by atoms with Crippen molar-refractivity contribution in [3.05, 3.63) is 152 Å². The van der Waals surface area contributed by atoms with Gasteiger partial charge in [-0.2, -0.15) is 0 Å². The van der Waals surface area contributed by atoms with Crippen molar-refractivity contribution >= 4 is 65.9 Å². The van der Waals surface area contributed by atoms with E-state index in [0.29, 0.717) is 0 Å². The summed E-state index contributed by atoms with van der Waals surface area (Å²) in [6.07, 6.45) is 0. The van der Waals surface area contributed by atoms with Crippen LogP contribution >= 0.6 is 0 Å². The van der Waals surface area contributed by atoms with Gasteiger partial charge in [-0.05, 0) is 76.5 Å². The van der Waals surface area contributed by atoms with Crippen LogP contribution in [-0.2, 0) is 0 Å². The molecule has 0 spiro atoms. The SMILES string of the molecule is c1ccc(-n2c3ccccc3c3cc(-c4cccc(Nc5cc6ccccc6c6c5oc5ccccc56)c4)ccc32)cc1. The van der Waals surface area contributed by atoms with Gasteiger partial charge in [0.15, 0.2) is 5.58 Å². The summed E-state index contributed by atoms with van der Waals surface area (Å²) < 4.78 is 8.79. The number of aromatic nitrogens is 1.